The average Bonchev–Trinajstić information content (AvgIpc) is 3.43. The molecule has 10 nitrogen and oxygen atoms in total. The summed E-state index contributed by atoms with van der Waals surface area (Å²) < 4.78 is 27.9. The summed E-state index contributed by atoms with van der Waals surface area (Å²) in [7, 11) is 1.39. The van der Waals surface area contributed by atoms with E-state index < -0.39 is 60.9 Å². The molecule has 7 atom stereocenters. The van der Waals surface area contributed by atoms with Crippen molar-refractivity contribution < 1.29 is 34.0 Å². The fourth-order valence-corrected chi connectivity index (χ4v) is 6.36. The van der Waals surface area contributed by atoms with Crippen LogP contribution in [0.2, 0.25) is 5.02 Å². The molecule has 41 heavy (non-hydrogen) atoms. The van der Waals surface area contributed by atoms with Crippen LogP contribution in [0.4, 0.5) is 10.1 Å². The second kappa shape index (κ2) is 12.8. The summed E-state index contributed by atoms with van der Waals surface area (Å²) in [5, 5.41) is 40.7. The van der Waals surface area contributed by atoms with Crippen molar-refractivity contribution in [2.75, 3.05) is 18.6 Å². The summed E-state index contributed by atoms with van der Waals surface area (Å²) in [5.74, 6) is -1.04. The molecule has 1 aromatic heterocycles. The van der Waals surface area contributed by atoms with Crippen LogP contribution in [-0.2, 0) is 14.3 Å². The third-order valence-electron chi connectivity index (χ3n) is 7.71. The van der Waals surface area contributed by atoms with E-state index in [-0.39, 0.29) is 10.7 Å². The van der Waals surface area contributed by atoms with E-state index in [0.717, 1.165) is 17.3 Å². The van der Waals surface area contributed by atoms with Crippen LogP contribution < -0.4 is 4.90 Å². The smallest absolute Gasteiger partial charge is 0.259 e. The van der Waals surface area contributed by atoms with E-state index in [1.165, 1.54) is 41.1 Å². The molecule has 1 saturated heterocycles. The molecule has 2 aliphatic rings. The maximum Gasteiger partial charge on any atom is 0.259 e. The molecule has 0 unspecified atom stereocenters. The Morgan fingerprint density at radius 3 is 2.71 bits per heavy atom. The summed E-state index contributed by atoms with van der Waals surface area (Å²) in [5.41, 5.74) is 1.21. The quantitative estimate of drug-likeness (QED) is 0.353. The number of halogens is 3. The van der Waals surface area contributed by atoms with E-state index in [0.29, 0.717) is 24.1 Å². The van der Waals surface area contributed by atoms with Gasteiger partial charge in [0.25, 0.3) is 5.91 Å². The number of aliphatic hydroxyl groups is 3. The molecule has 1 aliphatic carbocycles. The zero-order valence-corrected chi connectivity index (χ0v) is 24.5. The summed E-state index contributed by atoms with van der Waals surface area (Å²) in [4.78, 5) is 15.9. The van der Waals surface area contributed by atoms with Crippen LogP contribution in [-0.4, -0.2) is 86.5 Å². The molecule has 3 N–H and O–H groups in total. The first kappa shape index (κ1) is 30.0. The number of methoxy groups -OCH3 is 1. The zero-order valence-electron chi connectivity index (χ0n) is 22.2. The molecule has 2 aromatic carbocycles. The van der Waals surface area contributed by atoms with E-state index in [9.17, 15) is 24.5 Å². The van der Waals surface area contributed by atoms with Crippen molar-refractivity contribution in [1.29, 1.82) is 0 Å². The Kier molecular flexibility index (Phi) is 9.39. The molecular weight excluding hydrogens is 623 g/mol. The number of anilines is 1. The van der Waals surface area contributed by atoms with Crippen LogP contribution in [0.25, 0.3) is 11.3 Å². The maximum atomic E-state index is 14.4. The van der Waals surface area contributed by atoms with Gasteiger partial charge in [-0.3, -0.25) is 4.79 Å². The van der Waals surface area contributed by atoms with Crippen LogP contribution in [0.1, 0.15) is 31.7 Å². The van der Waals surface area contributed by atoms with E-state index in [2.05, 4.69) is 26.2 Å². The van der Waals surface area contributed by atoms with Gasteiger partial charge in [0.05, 0.1) is 24.9 Å². The average molecular weight is 654 g/mol. The number of aliphatic hydroxyl groups excluding tert-OH is 3. The van der Waals surface area contributed by atoms with Crippen molar-refractivity contribution in [2.24, 2.45) is 0 Å². The number of hydrogen-bond donors (Lipinski definition) is 3. The van der Waals surface area contributed by atoms with Gasteiger partial charge >= 0.3 is 0 Å². The Morgan fingerprint density at radius 2 is 2.02 bits per heavy atom. The monoisotopic (exact) mass is 652 g/mol. The SMILES string of the molecule is CO[C@@H]1[C@@H](n2cc(-c3cc(F)cc(Cl)c3)nn2)[C@@H](O)[C@@H](CO)O[C@H]1C(=O)N(c1cccc(Br)c1)[C@H]1CCCC[C@@H]1O. The molecule has 220 valence electrons. The lowest BCUT2D eigenvalue weighted by molar-refractivity contribution is -0.211. The lowest BCUT2D eigenvalue weighted by Gasteiger charge is -2.46. The van der Waals surface area contributed by atoms with E-state index in [1.807, 2.05) is 6.07 Å². The predicted octanol–water partition coefficient (Wildman–Crippen LogP) is 3.51. The number of benzene rings is 2. The van der Waals surface area contributed by atoms with E-state index >= 15 is 0 Å². The fraction of sp³-hybridized carbons (Fsp3) is 0.464. The molecule has 1 aliphatic heterocycles. The van der Waals surface area contributed by atoms with Crippen LogP contribution >= 0.6 is 27.5 Å². The minimum atomic E-state index is -1.33. The third kappa shape index (κ3) is 6.19. The molecular formula is C28H31BrClFN4O6. The number of carbonyl (C=O) groups is 1. The number of nitrogens with zero attached hydrogens (tertiary/aromatic N) is 4. The second-order valence-electron chi connectivity index (χ2n) is 10.3. The molecule has 13 heteroatoms. The van der Waals surface area contributed by atoms with Crippen molar-refractivity contribution in [3.8, 4) is 11.3 Å². The van der Waals surface area contributed by atoms with Gasteiger partial charge in [-0.25, -0.2) is 9.07 Å². The van der Waals surface area contributed by atoms with Gasteiger partial charge < -0.3 is 29.7 Å². The Bertz CT molecular complexity index is 1360. The first-order chi connectivity index (χ1) is 19.7. The van der Waals surface area contributed by atoms with Crippen molar-refractivity contribution in [3.05, 3.63) is 64.0 Å². The zero-order chi connectivity index (χ0) is 29.3. The lowest BCUT2D eigenvalue weighted by Crippen LogP contribution is -2.63. The Hall–Kier alpha value is -2.45. The van der Waals surface area contributed by atoms with Crippen LogP contribution in [0.3, 0.4) is 0 Å². The summed E-state index contributed by atoms with van der Waals surface area (Å²) >= 11 is 9.48. The molecule has 2 fully saturated rings. The number of aromatic nitrogens is 3. The van der Waals surface area contributed by atoms with Crippen molar-refractivity contribution >= 4 is 39.1 Å². The minimum absolute atomic E-state index is 0.180. The normalized spacial score (nSPS) is 28.4. The number of carbonyl (C=O) groups excluding carboxylic acids is 1. The highest BCUT2D eigenvalue weighted by molar-refractivity contribution is 9.10. The fourth-order valence-electron chi connectivity index (χ4n) is 5.75. The van der Waals surface area contributed by atoms with Crippen molar-refractivity contribution in [1.82, 2.24) is 15.0 Å². The lowest BCUT2D eigenvalue weighted by atomic mass is 9.88. The van der Waals surface area contributed by atoms with Crippen molar-refractivity contribution in [3.63, 3.8) is 0 Å². The minimum Gasteiger partial charge on any atom is -0.394 e. The molecule has 0 bridgehead atoms. The molecule has 1 saturated carbocycles. The predicted molar refractivity (Wildman–Crippen MR) is 152 cm³/mol. The van der Waals surface area contributed by atoms with Gasteiger partial charge in [0.1, 0.15) is 35.9 Å². The third-order valence-corrected chi connectivity index (χ3v) is 8.42. The maximum absolute atomic E-state index is 14.4. The van der Waals surface area contributed by atoms with Crippen molar-refractivity contribution in [2.45, 2.75) is 68.3 Å². The first-order valence-corrected chi connectivity index (χ1v) is 14.5. The number of hydrogen-bond acceptors (Lipinski definition) is 8. The summed E-state index contributed by atoms with van der Waals surface area (Å²) in [6, 6.07) is 9.62. The molecule has 2 heterocycles. The topological polar surface area (TPSA) is 130 Å². The first-order valence-electron chi connectivity index (χ1n) is 13.3. The molecule has 1 amide bonds. The van der Waals surface area contributed by atoms with Crippen LogP contribution in [0, 0.1) is 5.82 Å². The van der Waals surface area contributed by atoms with Crippen LogP contribution in [0.5, 0.6) is 0 Å². The van der Waals surface area contributed by atoms with Gasteiger partial charge in [-0.15, -0.1) is 5.10 Å². The summed E-state index contributed by atoms with van der Waals surface area (Å²) in [6.45, 7) is -0.581. The number of ether oxygens (including phenoxy) is 2. The highest BCUT2D eigenvalue weighted by atomic mass is 79.9. The highest BCUT2D eigenvalue weighted by Crippen LogP contribution is 2.37. The van der Waals surface area contributed by atoms with Gasteiger partial charge in [0.15, 0.2) is 6.10 Å². The second-order valence-corrected chi connectivity index (χ2v) is 11.7. The number of rotatable bonds is 7. The van der Waals surface area contributed by atoms with Crippen LogP contribution in [0.15, 0.2) is 53.1 Å². The highest BCUT2D eigenvalue weighted by Gasteiger charge is 2.52. The van der Waals surface area contributed by atoms with E-state index in [4.69, 9.17) is 21.1 Å². The summed E-state index contributed by atoms with van der Waals surface area (Å²) in [6.07, 6.45) is -1.27. The Morgan fingerprint density at radius 1 is 1.24 bits per heavy atom. The molecule has 5 rings (SSSR count). The van der Waals surface area contributed by atoms with Gasteiger partial charge in [-0.1, -0.05) is 51.7 Å². The Labute approximate surface area is 249 Å². The Balaban J connectivity index is 1.53. The molecule has 0 spiro atoms. The molecule has 3 aromatic rings. The standard InChI is InChI=1S/C28H31BrClFN4O6/c1-40-26-24(34-13-20(32-33-34)15-9-17(30)12-18(31)10-15)25(38)23(14-36)41-27(26)28(39)35(19-6-4-5-16(29)11-19)21-7-2-3-8-22(21)37/h4-6,9-13,21-27,36-38H,2-3,7-8,14H2,1H3/t21-,22-,23+,24-,25-,26+,27+/m0/s1. The van der Waals surface area contributed by atoms with E-state index in [1.54, 1.807) is 18.2 Å². The van der Waals surface area contributed by atoms with Gasteiger partial charge in [-0.2, -0.15) is 0 Å². The molecule has 0 radical (unpaired) electrons. The largest absolute Gasteiger partial charge is 0.394 e. The van der Waals surface area contributed by atoms with Gasteiger partial charge in [-0.05, 0) is 49.2 Å². The van der Waals surface area contributed by atoms with Gasteiger partial charge in [0, 0.05) is 27.9 Å². The number of amides is 1. The van der Waals surface area contributed by atoms with Gasteiger partial charge in [0.2, 0.25) is 0 Å².